The molecule has 1 unspecified atom stereocenters. The van der Waals surface area contributed by atoms with Crippen molar-refractivity contribution in [2.24, 2.45) is 5.92 Å². The van der Waals surface area contributed by atoms with Gasteiger partial charge >= 0.3 is 0 Å². The number of hydrogen-bond acceptors (Lipinski definition) is 4. The van der Waals surface area contributed by atoms with Crippen LogP contribution in [0, 0.1) is 5.92 Å². The van der Waals surface area contributed by atoms with Crippen LogP contribution in [0.5, 0.6) is 0 Å². The van der Waals surface area contributed by atoms with Gasteiger partial charge < -0.3 is 14.8 Å². The van der Waals surface area contributed by atoms with Crippen LogP contribution in [0.4, 0.5) is 11.4 Å². The Morgan fingerprint density at radius 1 is 1.09 bits per heavy atom. The van der Waals surface area contributed by atoms with Gasteiger partial charge in [0.2, 0.25) is 11.8 Å². The molecule has 170 valence electrons. The Morgan fingerprint density at radius 3 is 2.76 bits per heavy atom. The smallest absolute Gasteiger partial charge is 0.229 e. The van der Waals surface area contributed by atoms with Crippen molar-refractivity contribution in [3.8, 4) is 11.4 Å². The van der Waals surface area contributed by atoms with Crippen LogP contribution in [-0.2, 0) is 29.0 Å². The van der Waals surface area contributed by atoms with Crippen LogP contribution >= 0.6 is 0 Å². The lowest BCUT2D eigenvalue weighted by atomic mass is 10.1. The standard InChI is InChI=1S/C26H29N5O2/c1-2-18-10-12-22(13-11-18)31-17-20(16-24(31)32)26(33)27-21-8-6-7-19(15-21)25-29-28-23-9-4-3-5-14-30(23)25/h6-8,10-13,15,20H,2-5,9,14,16-17H2,1H3,(H,27,33). The maximum absolute atomic E-state index is 13.0. The summed E-state index contributed by atoms with van der Waals surface area (Å²) in [6.07, 6.45) is 5.61. The van der Waals surface area contributed by atoms with E-state index in [1.165, 1.54) is 12.0 Å². The predicted octanol–water partition coefficient (Wildman–Crippen LogP) is 4.23. The van der Waals surface area contributed by atoms with E-state index in [2.05, 4.69) is 27.0 Å². The summed E-state index contributed by atoms with van der Waals surface area (Å²) in [6, 6.07) is 15.7. The van der Waals surface area contributed by atoms with Crippen molar-refractivity contribution in [2.75, 3.05) is 16.8 Å². The number of hydrogen-bond donors (Lipinski definition) is 1. The number of aromatic nitrogens is 3. The number of benzene rings is 2. The highest BCUT2D eigenvalue weighted by Gasteiger charge is 2.35. The quantitative estimate of drug-likeness (QED) is 0.640. The first-order chi connectivity index (χ1) is 16.1. The Hall–Kier alpha value is -3.48. The fraction of sp³-hybridized carbons (Fsp3) is 0.385. The predicted molar refractivity (Wildman–Crippen MR) is 128 cm³/mol. The fourth-order valence-electron chi connectivity index (χ4n) is 4.72. The third-order valence-corrected chi connectivity index (χ3v) is 6.65. The molecule has 2 aliphatic rings. The fourth-order valence-corrected chi connectivity index (χ4v) is 4.72. The highest BCUT2D eigenvalue weighted by atomic mass is 16.2. The van der Waals surface area contributed by atoms with Gasteiger partial charge in [0.15, 0.2) is 5.82 Å². The number of carbonyl (C=O) groups is 2. The lowest BCUT2D eigenvalue weighted by Crippen LogP contribution is -2.28. The zero-order valence-electron chi connectivity index (χ0n) is 19.0. The molecule has 0 saturated carbocycles. The first-order valence-electron chi connectivity index (χ1n) is 11.8. The molecule has 2 amide bonds. The molecule has 2 aliphatic heterocycles. The summed E-state index contributed by atoms with van der Waals surface area (Å²) >= 11 is 0. The van der Waals surface area contributed by atoms with E-state index in [0.29, 0.717) is 12.2 Å². The normalized spacial score (nSPS) is 18.2. The van der Waals surface area contributed by atoms with Gasteiger partial charge in [0.25, 0.3) is 0 Å². The van der Waals surface area contributed by atoms with E-state index in [0.717, 1.165) is 55.1 Å². The second kappa shape index (κ2) is 9.17. The van der Waals surface area contributed by atoms with Gasteiger partial charge in [0.1, 0.15) is 5.82 Å². The summed E-state index contributed by atoms with van der Waals surface area (Å²) < 4.78 is 2.20. The van der Waals surface area contributed by atoms with E-state index in [9.17, 15) is 9.59 Å². The van der Waals surface area contributed by atoms with Crippen molar-refractivity contribution in [1.29, 1.82) is 0 Å². The molecule has 7 nitrogen and oxygen atoms in total. The minimum absolute atomic E-state index is 0.0145. The number of nitrogens with zero attached hydrogens (tertiary/aromatic N) is 4. The van der Waals surface area contributed by atoms with Gasteiger partial charge in [-0.15, -0.1) is 10.2 Å². The van der Waals surface area contributed by atoms with Crippen LogP contribution in [0.15, 0.2) is 48.5 Å². The molecule has 1 N–H and O–H groups in total. The summed E-state index contributed by atoms with van der Waals surface area (Å²) in [5, 5.41) is 11.8. The molecule has 0 radical (unpaired) electrons. The van der Waals surface area contributed by atoms with Crippen LogP contribution in [0.2, 0.25) is 0 Å². The number of amides is 2. The molecular formula is C26H29N5O2. The molecule has 0 aliphatic carbocycles. The Morgan fingerprint density at radius 2 is 1.94 bits per heavy atom. The number of nitrogens with one attached hydrogen (secondary N) is 1. The molecular weight excluding hydrogens is 414 g/mol. The van der Waals surface area contributed by atoms with Crippen molar-refractivity contribution in [3.05, 3.63) is 59.9 Å². The van der Waals surface area contributed by atoms with Crippen LogP contribution in [-0.4, -0.2) is 33.1 Å². The highest BCUT2D eigenvalue weighted by Crippen LogP contribution is 2.28. The SMILES string of the molecule is CCc1ccc(N2CC(C(=O)Nc3cccc(-c4nnc5n4CCCCC5)c3)CC2=O)cc1. The molecule has 7 heteroatoms. The Labute approximate surface area is 193 Å². The zero-order chi connectivity index (χ0) is 22.8. The molecule has 1 atom stereocenters. The van der Waals surface area contributed by atoms with Crippen molar-refractivity contribution < 1.29 is 9.59 Å². The van der Waals surface area contributed by atoms with Crippen LogP contribution in [0.25, 0.3) is 11.4 Å². The van der Waals surface area contributed by atoms with Gasteiger partial charge in [-0.2, -0.15) is 0 Å². The van der Waals surface area contributed by atoms with Gasteiger partial charge in [-0.25, -0.2) is 0 Å². The number of rotatable bonds is 5. The van der Waals surface area contributed by atoms with E-state index in [1.807, 2.05) is 48.5 Å². The van der Waals surface area contributed by atoms with Gasteiger partial charge in [0.05, 0.1) is 5.92 Å². The lowest BCUT2D eigenvalue weighted by molar-refractivity contribution is -0.122. The third kappa shape index (κ3) is 4.40. The topological polar surface area (TPSA) is 80.1 Å². The molecule has 1 fully saturated rings. The maximum atomic E-state index is 13.0. The lowest BCUT2D eigenvalue weighted by Gasteiger charge is -2.17. The second-order valence-electron chi connectivity index (χ2n) is 8.90. The molecule has 0 spiro atoms. The molecule has 1 saturated heterocycles. The zero-order valence-corrected chi connectivity index (χ0v) is 19.0. The number of fused-ring (bicyclic) bond motifs is 1. The Balaban J connectivity index is 1.29. The van der Waals surface area contributed by atoms with E-state index in [1.54, 1.807) is 4.90 Å². The van der Waals surface area contributed by atoms with E-state index in [4.69, 9.17) is 0 Å². The Kier molecular flexibility index (Phi) is 5.94. The molecule has 5 rings (SSSR count). The second-order valence-corrected chi connectivity index (χ2v) is 8.90. The molecule has 3 aromatic rings. The van der Waals surface area contributed by atoms with E-state index >= 15 is 0 Å². The first-order valence-corrected chi connectivity index (χ1v) is 11.8. The van der Waals surface area contributed by atoms with Gasteiger partial charge in [-0.1, -0.05) is 37.6 Å². The van der Waals surface area contributed by atoms with Crippen molar-refractivity contribution in [2.45, 2.75) is 52.0 Å². The third-order valence-electron chi connectivity index (χ3n) is 6.65. The number of anilines is 2. The minimum Gasteiger partial charge on any atom is -0.326 e. The van der Waals surface area contributed by atoms with Crippen LogP contribution < -0.4 is 10.2 Å². The average Bonchev–Trinajstić information content (AvgIpc) is 3.35. The molecule has 3 heterocycles. The molecule has 2 aromatic carbocycles. The molecule has 1 aromatic heterocycles. The summed E-state index contributed by atoms with van der Waals surface area (Å²) in [5.41, 5.74) is 3.72. The van der Waals surface area contributed by atoms with Gasteiger partial charge in [-0.05, 0) is 49.1 Å². The first kappa shape index (κ1) is 21.4. The number of aryl methyl sites for hydroxylation is 2. The maximum Gasteiger partial charge on any atom is 0.229 e. The largest absolute Gasteiger partial charge is 0.326 e. The summed E-state index contributed by atoms with van der Waals surface area (Å²) in [7, 11) is 0. The number of carbonyl (C=O) groups excluding carboxylic acids is 2. The van der Waals surface area contributed by atoms with E-state index < -0.39 is 0 Å². The highest BCUT2D eigenvalue weighted by molar-refractivity contribution is 6.03. The Bertz CT molecular complexity index is 1170. The molecule has 0 bridgehead atoms. The van der Waals surface area contributed by atoms with Crippen LogP contribution in [0.3, 0.4) is 0 Å². The summed E-state index contributed by atoms with van der Waals surface area (Å²) in [5.74, 6) is 1.36. The molecule has 33 heavy (non-hydrogen) atoms. The van der Waals surface area contributed by atoms with Crippen molar-refractivity contribution in [1.82, 2.24) is 14.8 Å². The van der Waals surface area contributed by atoms with Crippen LogP contribution in [0.1, 0.15) is 44.0 Å². The van der Waals surface area contributed by atoms with Gasteiger partial charge in [-0.3, -0.25) is 9.59 Å². The minimum atomic E-state index is -0.378. The van der Waals surface area contributed by atoms with Crippen molar-refractivity contribution >= 4 is 23.2 Å². The summed E-state index contributed by atoms with van der Waals surface area (Å²) in [4.78, 5) is 27.3. The monoisotopic (exact) mass is 443 g/mol. The average molecular weight is 444 g/mol. The van der Waals surface area contributed by atoms with E-state index in [-0.39, 0.29) is 24.2 Å². The van der Waals surface area contributed by atoms with Gasteiger partial charge in [0, 0.05) is 42.9 Å². The summed E-state index contributed by atoms with van der Waals surface area (Å²) in [6.45, 7) is 3.42. The van der Waals surface area contributed by atoms with Crippen molar-refractivity contribution in [3.63, 3.8) is 0 Å².